The molecule has 12 nitrogen and oxygen atoms in total. The maximum Gasteiger partial charge on any atom is 0.335 e. The Balaban J connectivity index is -0.000000441. The highest BCUT2D eigenvalue weighted by atomic mass is 16.4. The van der Waals surface area contributed by atoms with E-state index < -0.39 is 17.9 Å². The molecule has 0 aliphatic heterocycles. The lowest BCUT2D eigenvalue weighted by Gasteiger charge is -2.00. The Bertz CT molecular complexity index is 733. The van der Waals surface area contributed by atoms with Crippen LogP contribution in [0.1, 0.15) is 91.9 Å². The molecular weight excluding hydrogens is 474 g/mol. The third-order valence-electron chi connectivity index (χ3n) is 3.76. The van der Waals surface area contributed by atoms with Crippen LogP contribution in [0.4, 0.5) is 0 Å². The maximum atomic E-state index is 10.6. The first-order chi connectivity index (χ1) is 16.8. The van der Waals surface area contributed by atoms with Gasteiger partial charge in [-0.2, -0.15) is 0 Å². The minimum Gasteiger partial charge on any atom is -0.478 e. The number of hydrogen-bond donors (Lipinski definition) is 6. The predicted octanol–water partition coefficient (Wildman–Crippen LogP) is 2.38. The zero-order valence-corrected chi connectivity index (χ0v) is 21.8. The highest BCUT2D eigenvalue weighted by molar-refractivity contribution is 5.98. The minimum atomic E-state index is -1.37. The zero-order chi connectivity index (χ0) is 28.7. The second-order valence-electron chi connectivity index (χ2n) is 6.64. The van der Waals surface area contributed by atoms with Crippen molar-refractivity contribution in [2.45, 2.75) is 60.8 Å². The van der Waals surface area contributed by atoms with Crippen molar-refractivity contribution < 1.29 is 44.1 Å². The Morgan fingerprint density at radius 2 is 0.694 bits per heavy atom. The summed E-state index contributed by atoms with van der Waals surface area (Å²) in [4.78, 5) is 62.6. The van der Waals surface area contributed by atoms with Gasteiger partial charge in [-0.1, -0.05) is 20.8 Å². The van der Waals surface area contributed by atoms with E-state index in [-0.39, 0.29) is 34.4 Å². The molecule has 1 aromatic carbocycles. The van der Waals surface area contributed by atoms with E-state index >= 15 is 0 Å². The second kappa shape index (κ2) is 22.8. The Morgan fingerprint density at radius 3 is 0.778 bits per heavy atom. The molecule has 0 spiro atoms. The van der Waals surface area contributed by atoms with Gasteiger partial charge in [0, 0.05) is 38.9 Å². The quantitative estimate of drug-likeness (QED) is 0.287. The molecule has 0 heterocycles. The SMILES string of the molecule is CCNC(=O)CC.CCNC(=O)CC.CCNC(=O)CC.O=C(O)c1cc(C(=O)O)cc(C(=O)O)c1. The Hall–Kier alpha value is -3.96. The van der Waals surface area contributed by atoms with Crippen molar-refractivity contribution in [3.8, 4) is 0 Å². The van der Waals surface area contributed by atoms with Gasteiger partial charge >= 0.3 is 17.9 Å². The highest BCUT2D eigenvalue weighted by Gasteiger charge is 2.14. The maximum absolute atomic E-state index is 10.6. The number of carbonyl (C=O) groups is 6. The fourth-order valence-corrected chi connectivity index (χ4v) is 1.96. The van der Waals surface area contributed by atoms with Gasteiger partial charge in [-0.05, 0) is 39.0 Å². The van der Waals surface area contributed by atoms with Gasteiger partial charge in [0.05, 0.1) is 16.7 Å². The van der Waals surface area contributed by atoms with E-state index in [4.69, 9.17) is 15.3 Å². The van der Waals surface area contributed by atoms with Crippen molar-refractivity contribution in [2.75, 3.05) is 19.6 Å². The zero-order valence-electron chi connectivity index (χ0n) is 21.8. The highest BCUT2D eigenvalue weighted by Crippen LogP contribution is 2.11. The van der Waals surface area contributed by atoms with Gasteiger partial charge in [0.15, 0.2) is 0 Å². The first-order valence-electron chi connectivity index (χ1n) is 11.5. The summed E-state index contributed by atoms with van der Waals surface area (Å²) in [6.45, 7) is 13.5. The molecule has 36 heavy (non-hydrogen) atoms. The molecule has 0 aliphatic carbocycles. The lowest BCUT2D eigenvalue weighted by molar-refractivity contribution is -0.121. The Kier molecular flexibility index (Phi) is 23.2. The van der Waals surface area contributed by atoms with Gasteiger partial charge in [0.2, 0.25) is 17.7 Å². The Morgan fingerprint density at radius 1 is 0.500 bits per heavy atom. The van der Waals surface area contributed by atoms with Crippen LogP contribution in [0.5, 0.6) is 0 Å². The van der Waals surface area contributed by atoms with Gasteiger partial charge < -0.3 is 31.3 Å². The van der Waals surface area contributed by atoms with Gasteiger partial charge in [-0.15, -0.1) is 0 Å². The number of carboxylic acid groups (broad SMARTS) is 3. The van der Waals surface area contributed by atoms with Gasteiger partial charge in [0.1, 0.15) is 0 Å². The molecule has 0 radical (unpaired) electrons. The van der Waals surface area contributed by atoms with Crippen LogP contribution in [0.15, 0.2) is 18.2 Å². The van der Waals surface area contributed by atoms with Crippen LogP contribution < -0.4 is 16.0 Å². The van der Waals surface area contributed by atoms with E-state index in [9.17, 15) is 28.8 Å². The number of hydrogen-bond acceptors (Lipinski definition) is 6. The second-order valence-corrected chi connectivity index (χ2v) is 6.64. The largest absolute Gasteiger partial charge is 0.478 e. The predicted molar refractivity (Wildman–Crippen MR) is 134 cm³/mol. The van der Waals surface area contributed by atoms with E-state index in [0.29, 0.717) is 19.3 Å². The first kappa shape index (κ1) is 36.6. The lowest BCUT2D eigenvalue weighted by atomic mass is 10.1. The van der Waals surface area contributed by atoms with Crippen molar-refractivity contribution in [3.63, 3.8) is 0 Å². The molecule has 0 fully saturated rings. The fraction of sp³-hybridized carbons (Fsp3) is 0.500. The third kappa shape index (κ3) is 20.6. The standard InChI is InChI=1S/C9H6O6.3C5H11NO/c10-7(11)4-1-5(8(12)13)3-6(2-4)9(14)15;3*1-3-5(7)6-4-2/h1-3H,(H,10,11)(H,12,13)(H,14,15);3*3-4H2,1-2H3,(H,6,7). The van der Waals surface area contributed by atoms with Crippen LogP contribution in [0.2, 0.25) is 0 Å². The molecular formula is C24H39N3O9. The van der Waals surface area contributed by atoms with E-state index in [1.165, 1.54) is 0 Å². The smallest absolute Gasteiger partial charge is 0.335 e. The molecule has 1 aromatic rings. The molecule has 0 saturated heterocycles. The molecule has 0 bridgehead atoms. The average Bonchev–Trinajstić information content (AvgIpc) is 2.85. The first-order valence-corrected chi connectivity index (χ1v) is 11.5. The van der Waals surface area contributed by atoms with Crippen molar-refractivity contribution >= 4 is 35.6 Å². The van der Waals surface area contributed by atoms with E-state index in [1.54, 1.807) is 0 Å². The van der Waals surface area contributed by atoms with E-state index in [1.807, 2.05) is 41.5 Å². The molecule has 3 amide bonds. The van der Waals surface area contributed by atoms with Gasteiger partial charge in [-0.3, -0.25) is 14.4 Å². The fourth-order valence-electron chi connectivity index (χ4n) is 1.96. The van der Waals surface area contributed by atoms with E-state index in [2.05, 4.69) is 16.0 Å². The van der Waals surface area contributed by atoms with Gasteiger partial charge in [-0.25, -0.2) is 14.4 Å². The molecule has 6 N–H and O–H groups in total. The summed E-state index contributed by atoms with van der Waals surface area (Å²) >= 11 is 0. The van der Waals surface area contributed by atoms with Crippen LogP contribution >= 0.6 is 0 Å². The Labute approximate surface area is 211 Å². The van der Waals surface area contributed by atoms with Crippen LogP contribution in [0.3, 0.4) is 0 Å². The molecule has 0 unspecified atom stereocenters. The summed E-state index contributed by atoms with van der Waals surface area (Å²) in [5, 5.41) is 33.8. The molecule has 204 valence electrons. The summed E-state index contributed by atoms with van der Waals surface area (Å²) < 4.78 is 0. The summed E-state index contributed by atoms with van der Waals surface area (Å²) in [6.07, 6.45) is 1.77. The number of benzene rings is 1. The van der Waals surface area contributed by atoms with Crippen LogP contribution in [0.25, 0.3) is 0 Å². The number of rotatable bonds is 9. The van der Waals surface area contributed by atoms with Crippen molar-refractivity contribution in [1.82, 2.24) is 16.0 Å². The number of carbonyl (C=O) groups excluding carboxylic acids is 3. The average molecular weight is 514 g/mol. The lowest BCUT2D eigenvalue weighted by Crippen LogP contribution is -2.20. The molecule has 1 rings (SSSR count). The molecule has 0 aliphatic rings. The summed E-state index contributed by atoms with van der Waals surface area (Å²) in [7, 11) is 0. The summed E-state index contributed by atoms with van der Waals surface area (Å²) in [5.41, 5.74) is -1.10. The minimum absolute atomic E-state index is 0.127. The number of nitrogens with one attached hydrogen (secondary N) is 3. The molecule has 0 aromatic heterocycles. The molecule has 0 saturated carbocycles. The normalized spacial score (nSPS) is 8.83. The topological polar surface area (TPSA) is 199 Å². The van der Waals surface area contributed by atoms with Crippen molar-refractivity contribution in [1.29, 1.82) is 0 Å². The van der Waals surface area contributed by atoms with Gasteiger partial charge in [0.25, 0.3) is 0 Å². The van der Waals surface area contributed by atoms with Crippen molar-refractivity contribution in [3.05, 3.63) is 34.9 Å². The third-order valence-corrected chi connectivity index (χ3v) is 3.76. The molecule has 12 heteroatoms. The van der Waals surface area contributed by atoms with E-state index in [0.717, 1.165) is 37.8 Å². The number of amides is 3. The van der Waals surface area contributed by atoms with Crippen molar-refractivity contribution in [2.24, 2.45) is 0 Å². The van der Waals surface area contributed by atoms with Crippen LogP contribution in [0, 0.1) is 0 Å². The number of carboxylic acids is 3. The number of aromatic carboxylic acids is 3. The summed E-state index contributed by atoms with van der Waals surface area (Å²) in [5.74, 6) is -3.74. The van der Waals surface area contributed by atoms with Crippen LogP contribution in [-0.4, -0.2) is 70.6 Å². The summed E-state index contributed by atoms with van der Waals surface area (Å²) in [6, 6.07) is 2.70. The monoisotopic (exact) mass is 513 g/mol. The molecule has 0 atom stereocenters. The van der Waals surface area contributed by atoms with Crippen LogP contribution in [-0.2, 0) is 14.4 Å².